The third-order valence-corrected chi connectivity index (χ3v) is 7.15. The normalized spacial score (nSPS) is 16.8. The summed E-state index contributed by atoms with van der Waals surface area (Å²) in [5, 5.41) is 12.6. The number of urea groups is 1. The lowest BCUT2D eigenvalue weighted by molar-refractivity contribution is -0.144. The molecule has 9 nitrogen and oxygen atoms in total. The molecule has 3 aromatic rings. The summed E-state index contributed by atoms with van der Waals surface area (Å²) in [6.45, 7) is 1.71. The number of amides is 3. The van der Waals surface area contributed by atoms with Crippen LogP contribution >= 0.6 is 0 Å². The molecule has 0 aliphatic carbocycles. The molecule has 2 N–H and O–H groups in total. The zero-order chi connectivity index (χ0) is 28.5. The summed E-state index contributed by atoms with van der Waals surface area (Å²) in [7, 11) is 3.59. The first-order valence-electron chi connectivity index (χ1n) is 13.4. The zero-order valence-corrected chi connectivity index (χ0v) is 22.9. The highest BCUT2D eigenvalue weighted by atomic mass is 16.5. The van der Waals surface area contributed by atoms with Gasteiger partial charge >= 0.3 is 12.0 Å². The summed E-state index contributed by atoms with van der Waals surface area (Å²) in [5.74, 6) is -1.21. The van der Waals surface area contributed by atoms with Gasteiger partial charge < -0.3 is 25.0 Å². The second-order valence-corrected chi connectivity index (χ2v) is 9.90. The molecule has 2 unspecified atom stereocenters. The lowest BCUT2D eigenvalue weighted by Crippen LogP contribution is -2.57. The number of piperidine rings is 1. The molecule has 40 heavy (non-hydrogen) atoms. The van der Waals surface area contributed by atoms with Crippen molar-refractivity contribution in [2.75, 3.05) is 38.7 Å². The molecule has 0 radical (unpaired) electrons. The van der Waals surface area contributed by atoms with Gasteiger partial charge in [0.1, 0.15) is 11.8 Å². The Morgan fingerprint density at radius 1 is 0.950 bits per heavy atom. The predicted molar refractivity (Wildman–Crippen MR) is 154 cm³/mol. The fraction of sp³-hybridized carbons (Fsp3) is 0.323. The highest BCUT2D eigenvalue weighted by Gasteiger charge is 2.40. The topological polar surface area (TPSA) is 102 Å². The molecule has 3 aromatic carbocycles. The van der Waals surface area contributed by atoms with Gasteiger partial charge in [0.15, 0.2) is 0 Å². The molecular weight excluding hydrogens is 508 g/mol. The van der Waals surface area contributed by atoms with Crippen LogP contribution in [0.25, 0.3) is 0 Å². The lowest BCUT2D eigenvalue weighted by Gasteiger charge is -2.40. The number of likely N-dealkylation sites (N-methyl/N-ethyl adjacent to an activating group) is 1. The Balaban J connectivity index is 1.48. The van der Waals surface area contributed by atoms with Crippen LogP contribution < -0.4 is 15.0 Å². The van der Waals surface area contributed by atoms with Crippen molar-refractivity contribution in [2.24, 2.45) is 5.92 Å². The van der Waals surface area contributed by atoms with Crippen LogP contribution in [0.3, 0.4) is 0 Å². The van der Waals surface area contributed by atoms with Gasteiger partial charge in [0, 0.05) is 31.7 Å². The monoisotopic (exact) mass is 544 g/mol. The first-order valence-corrected chi connectivity index (χ1v) is 13.4. The number of nitrogens with one attached hydrogen (secondary N) is 1. The molecule has 0 aromatic heterocycles. The van der Waals surface area contributed by atoms with Crippen molar-refractivity contribution in [1.82, 2.24) is 15.1 Å². The maximum atomic E-state index is 14.0. The molecule has 3 amide bonds. The van der Waals surface area contributed by atoms with Gasteiger partial charge in [0.05, 0.1) is 24.4 Å². The van der Waals surface area contributed by atoms with Crippen molar-refractivity contribution in [3.63, 3.8) is 0 Å². The number of methoxy groups -OCH3 is 1. The van der Waals surface area contributed by atoms with Crippen molar-refractivity contribution < 1.29 is 24.2 Å². The number of anilines is 2. The van der Waals surface area contributed by atoms with E-state index in [1.54, 1.807) is 12.0 Å². The predicted octanol–water partition coefficient (Wildman–Crippen LogP) is 4.37. The van der Waals surface area contributed by atoms with Crippen LogP contribution in [0, 0.1) is 5.92 Å². The van der Waals surface area contributed by atoms with E-state index in [1.165, 1.54) is 4.90 Å². The number of ether oxygens (including phenoxy) is 1. The standard InChI is InChI=1S/C31H36N4O5/c1-33(22-24-11-9-10-16-28(24)40-2)20-18-32-29(36)27-21-23(30(37)38)17-19-34(27)31(39)35(25-12-5-3-6-13-25)26-14-7-4-8-15-26/h3-16,23,27H,17-22H2,1-2H3,(H,32,36)(H,37,38). The smallest absolute Gasteiger partial charge is 0.329 e. The van der Waals surface area contributed by atoms with Crippen LogP contribution in [0.4, 0.5) is 16.2 Å². The Bertz CT molecular complexity index is 1250. The molecule has 4 rings (SSSR count). The molecule has 1 fully saturated rings. The number of carboxylic acid groups (broad SMARTS) is 1. The number of carbonyl (C=O) groups excluding carboxylic acids is 2. The number of nitrogens with zero attached hydrogens (tertiary/aromatic N) is 3. The van der Waals surface area contributed by atoms with Crippen molar-refractivity contribution in [2.45, 2.75) is 25.4 Å². The molecule has 0 spiro atoms. The summed E-state index contributed by atoms with van der Waals surface area (Å²) in [4.78, 5) is 44.5. The van der Waals surface area contributed by atoms with Crippen LogP contribution in [0.2, 0.25) is 0 Å². The van der Waals surface area contributed by atoms with E-state index in [2.05, 4.69) is 10.2 Å². The third-order valence-electron chi connectivity index (χ3n) is 7.15. The van der Waals surface area contributed by atoms with Crippen LogP contribution in [-0.4, -0.2) is 72.6 Å². The number of rotatable bonds is 10. The van der Waals surface area contributed by atoms with E-state index in [0.29, 0.717) is 31.0 Å². The maximum absolute atomic E-state index is 14.0. The molecular formula is C31H36N4O5. The highest BCUT2D eigenvalue weighted by molar-refractivity contribution is 6.01. The minimum atomic E-state index is -0.954. The first kappa shape index (κ1) is 28.6. The minimum absolute atomic E-state index is 0.0569. The quantitative estimate of drug-likeness (QED) is 0.393. The third kappa shape index (κ3) is 6.98. The minimum Gasteiger partial charge on any atom is -0.496 e. The molecule has 1 aliphatic rings. The van der Waals surface area contributed by atoms with Gasteiger partial charge in [-0.15, -0.1) is 0 Å². The van der Waals surface area contributed by atoms with Gasteiger partial charge in [-0.3, -0.25) is 14.5 Å². The Morgan fingerprint density at radius 3 is 2.15 bits per heavy atom. The number of hydrogen-bond donors (Lipinski definition) is 2. The van der Waals surface area contributed by atoms with Crippen LogP contribution in [-0.2, 0) is 16.1 Å². The van der Waals surface area contributed by atoms with Crippen LogP contribution in [0.1, 0.15) is 18.4 Å². The van der Waals surface area contributed by atoms with Crippen LogP contribution in [0.5, 0.6) is 5.75 Å². The van der Waals surface area contributed by atoms with Gasteiger partial charge in [0.25, 0.3) is 0 Å². The largest absolute Gasteiger partial charge is 0.496 e. The van der Waals surface area contributed by atoms with Crippen molar-refractivity contribution in [3.05, 3.63) is 90.5 Å². The lowest BCUT2D eigenvalue weighted by atomic mass is 9.90. The van der Waals surface area contributed by atoms with E-state index < -0.39 is 17.9 Å². The number of aliphatic carboxylic acids is 1. The molecule has 1 heterocycles. The van der Waals surface area contributed by atoms with E-state index in [4.69, 9.17) is 4.74 Å². The Labute approximate surface area is 235 Å². The van der Waals surface area contributed by atoms with Crippen molar-refractivity contribution in [1.29, 1.82) is 0 Å². The fourth-order valence-electron chi connectivity index (χ4n) is 5.01. The van der Waals surface area contributed by atoms with E-state index in [1.807, 2.05) is 92.0 Å². The SMILES string of the molecule is COc1ccccc1CN(C)CCNC(=O)C1CC(C(=O)O)CCN1C(=O)N(c1ccccc1)c1ccccc1. The van der Waals surface area contributed by atoms with Gasteiger partial charge in [-0.2, -0.15) is 0 Å². The molecule has 0 bridgehead atoms. The molecule has 9 heteroatoms. The Morgan fingerprint density at radius 2 is 1.55 bits per heavy atom. The van der Waals surface area contributed by atoms with Gasteiger partial charge in [-0.25, -0.2) is 4.79 Å². The molecule has 1 saturated heterocycles. The molecule has 2 atom stereocenters. The molecule has 1 aliphatic heterocycles. The number of carboxylic acids is 1. The van der Waals surface area contributed by atoms with Gasteiger partial charge in [-0.05, 0) is 50.2 Å². The average molecular weight is 545 g/mol. The van der Waals surface area contributed by atoms with E-state index in [-0.39, 0.29) is 31.3 Å². The van der Waals surface area contributed by atoms with Gasteiger partial charge in [-0.1, -0.05) is 54.6 Å². The van der Waals surface area contributed by atoms with Crippen molar-refractivity contribution >= 4 is 29.3 Å². The summed E-state index contributed by atoms with van der Waals surface area (Å²) < 4.78 is 5.43. The highest BCUT2D eigenvalue weighted by Crippen LogP contribution is 2.31. The summed E-state index contributed by atoms with van der Waals surface area (Å²) in [6, 6.07) is 25.0. The second kappa shape index (κ2) is 13.6. The maximum Gasteiger partial charge on any atom is 0.329 e. The summed E-state index contributed by atoms with van der Waals surface area (Å²) >= 11 is 0. The Kier molecular flexibility index (Phi) is 9.75. The summed E-state index contributed by atoms with van der Waals surface area (Å²) in [6.07, 6.45) is 0.339. The first-order chi connectivity index (χ1) is 19.4. The van der Waals surface area contributed by atoms with E-state index in [0.717, 1.165) is 11.3 Å². The Hall–Kier alpha value is -4.37. The van der Waals surface area contributed by atoms with Crippen molar-refractivity contribution in [3.8, 4) is 5.75 Å². The summed E-state index contributed by atoms with van der Waals surface area (Å²) in [5.41, 5.74) is 2.36. The number of carbonyl (C=O) groups is 3. The number of para-hydroxylation sites is 3. The van der Waals surface area contributed by atoms with Gasteiger partial charge in [0.2, 0.25) is 5.91 Å². The van der Waals surface area contributed by atoms with Crippen LogP contribution in [0.15, 0.2) is 84.9 Å². The number of benzene rings is 3. The molecule has 210 valence electrons. The number of likely N-dealkylation sites (tertiary alicyclic amines) is 1. The van der Waals surface area contributed by atoms with E-state index in [9.17, 15) is 19.5 Å². The average Bonchev–Trinajstić information content (AvgIpc) is 2.98. The zero-order valence-electron chi connectivity index (χ0n) is 22.9. The fourth-order valence-corrected chi connectivity index (χ4v) is 5.01. The molecule has 0 saturated carbocycles. The second-order valence-electron chi connectivity index (χ2n) is 9.90. The number of hydrogen-bond acceptors (Lipinski definition) is 5. The van der Waals surface area contributed by atoms with E-state index >= 15 is 0 Å².